The number of alkyl halides is 3. The first-order valence-electron chi connectivity index (χ1n) is 4.88. The van der Waals surface area contributed by atoms with Crippen molar-refractivity contribution >= 4 is 0 Å². The van der Waals surface area contributed by atoms with Crippen molar-refractivity contribution in [3.63, 3.8) is 0 Å². The maximum absolute atomic E-state index is 12.9. The van der Waals surface area contributed by atoms with E-state index < -0.39 is 17.6 Å². The Hall–Kier alpha value is -1.61. The van der Waals surface area contributed by atoms with Crippen LogP contribution in [-0.2, 0) is 12.7 Å². The Bertz CT molecular complexity index is 420. The number of hydrogen-bond donors (Lipinski definition) is 1. The van der Waals surface area contributed by atoms with E-state index in [1.165, 1.54) is 6.07 Å². The highest BCUT2D eigenvalue weighted by Crippen LogP contribution is 2.31. The lowest BCUT2D eigenvalue weighted by atomic mass is 10.1. The number of benzene rings is 1. The van der Waals surface area contributed by atoms with Gasteiger partial charge in [-0.25, -0.2) is 4.39 Å². The SMILES string of the molecule is N#CCCNCc1ccc(F)c(C(F)(F)F)c1. The second kappa shape index (κ2) is 5.64. The molecule has 0 saturated carbocycles. The van der Waals surface area contributed by atoms with E-state index in [0.717, 1.165) is 12.1 Å². The molecule has 2 nitrogen and oxygen atoms in total. The van der Waals surface area contributed by atoms with Gasteiger partial charge >= 0.3 is 6.18 Å². The predicted molar refractivity (Wildman–Crippen MR) is 53.3 cm³/mol. The zero-order chi connectivity index (χ0) is 12.9. The van der Waals surface area contributed by atoms with E-state index in [9.17, 15) is 17.6 Å². The van der Waals surface area contributed by atoms with Crippen LogP contribution >= 0.6 is 0 Å². The quantitative estimate of drug-likeness (QED) is 0.655. The average molecular weight is 246 g/mol. The number of nitrogens with zero attached hydrogens (tertiary/aromatic N) is 1. The van der Waals surface area contributed by atoms with Crippen LogP contribution in [0.3, 0.4) is 0 Å². The first-order valence-corrected chi connectivity index (χ1v) is 4.88. The number of nitriles is 1. The standard InChI is InChI=1S/C11H10F4N2/c12-10-3-2-8(7-17-5-1-4-16)6-9(10)11(13,14)15/h2-3,6,17H,1,5,7H2. The van der Waals surface area contributed by atoms with Crippen molar-refractivity contribution in [2.24, 2.45) is 0 Å². The van der Waals surface area contributed by atoms with Crippen LogP contribution in [0.15, 0.2) is 18.2 Å². The minimum atomic E-state index is -4.69. The molecular weight excluding hydrogens is 236 g/mol. The number of hydrogen-bond acceptors (Lipinski definition) is 2. The monoisotopic (exact) mass is 246 g/mol. The van der Waals surface area contributed by atoms with Gasteiger partial charge in [0, 0.05) is 19.5 Å². The normalized spacial score (nSPS) is 11.2. The van der Waals surface area contributed by atoms with Crippen LogP contribution in [0, 0.1) is 17.1 Å². The molecule has 0 aliphatic rings. The molecule has 1 rings (SSSR count). The molecule has 0 unspecified atom stereocenters. The molecule has 17 heavy (non-hydrogen) atoms. The third-order valence-corrected chi connectivity index (χ3v) is 2.08. The Morgan fingerprint density at radius 3 is 2.59 bits per heavy atom. The Morgan fingerprint density at radius 1 is 1.29 bits per heavy atom. The molecule has 0 saturated heterocycles. The van der Waals surface area contributed by atoms with E-state index in [1.54, 1.807) is 0 Å². The molecule has 0 heterocycles. The molecule has 0 radical (unpaired) electrons. The summed E-state index contributed by atoms with van der Waals surface area (Å²) in [6, 6.07) is 4.75. The van der Waals surface area contributed by atoms with Crippen LogP contribution in [0.2, 0.25) is 0 Å². The summed E-state index contributed by atoms with van der Waals surface area (Å²) < 4.78 is 50.0. The maximum atomic E-state index is 12.9. The Kier molecular flexibility index (Phi) is 4.46. The molecule has 0 aliphatic carbocycles. The maximum Gasteiger partial charge on any atom is 0.419 e. The van der Waals surface area contributed by atoms with Gasteiger partial charge in [0.05, 0.1) is 11.6 Å². The Labute approximate surface area is 95.9 Å². The van der Waals surface area contributed by atoms with Gasteiger partial charge in [-0.05, 0) is 17.7 Å². The Morgan fingerprint density at radius 2 is 2.00 bits per heavy atom. The molecular formula is C11H10F4N2. The molecule has 1 aromatic carbocycles. The van der Waals surface area contributed by atoms with E-state index >= 15 is 0 Å². The van der Waals surface area contributed by atoms with Crippen molar-refractivity contribution in [2.75, 3.05) is 6.54 Å². The van der Waals surface area contributed by atoms with Crippen molar-refractivity contribution in [3.8, 4) is 6.07 Å². The third-order valence-electron chi connectivity index (χ3n) is 2.08. The molecule has 0 aliphatic heterocycles. The van der Waals surface area contributed by atoms with Gasteiger partial charge in [0.2, 0.25) is 0 Å². The highest BCUT2D eigenvalue weighted by atomic mass is 19.4. The summed E-state index contributed by atoms with van der Waals surface area (Å²) >= 11 is 0. The smallest absolute Gasteiger partial charge is 0.312 e. The number of nitrogens with one attached hydrogen (secondary N) is 1. The summed E-state index contributed by atoms with van der Waals surface area (Å²) in [7, 11) is 0. The molecule has 6 heteroatoms. The first kappa shape index (κ1) is 13.5. The van der Waals surface area contributed by atoms with Gasteiger partial charge in [-0.3, -0.25) is 0 Å². The summed E-state index contributed by atoms with van der Waals surface area (Å²) in [5, 5.41) is 11.1. The van der Waals surface area contributed by atoms with Crippen LogP contribution in [-0.4, -0.2) is 6.54 Å². The highest BCUT2D eigenvalue weighted by Gasteiger charge is 2.34. The topological polar surface area (TPSA) is 35.8 Å². The molecule has 0 amide bonds. The van der Waals surface area contributed by atoms with Gasteiger partial charge in [0.15, 0.2) is 0 Å². The second-order valence-corrected chi connectivity index (χ2v) is 3.40. The lowest BCUT2D eigenvalue weighted by Crippen LogP contribution is -2.15. The number of halogens is 4. The Balaban J connectivity index is 2.73. The molecule has 1 aromatic rings. The number of rotatable bonds is 4. The minimum absolute atomic E-state index is 0.172. The molecule has 0 atom stereocenters. The minimum Gasteiger partial charge on any atom is -0.312 e. The molecule has 0 aromatic heterocycles. The van der Waals surface area contributed by atoms with Gasteiger partial charge in [-0.15, -0.1) is 0 Å². The molecule has 92 valence electrons. The fourth-order valence-electron chi connectivity index (χ4n) is 1.28. The fourth-order valence-corrected chi connectivity index (χ4v) is 1.28. The third kappa shape index (κ3) is 4.04. The van der Waals surface area contributed by atoms with Crippen molar-refractivity contribution in [1.29, 1.82) is 5.26 Å². The van der Waals surface area contributed by atoms with E-state index in [1.807, 2.05) is 6.07 Å². The lowest BCUT2D eigenvalue weighted by molar-refractivity contribution is -0.140. The van der Waals surface area contributed by atoms with Gasteiger partial charge in [0.25, 0.3) is 0 Å². The van der Waals surface area contributed by atoms with Crippen LogP contribution in [0.4, 0.5) is 17.6 Å². The second-order valence-electron chi connectivity index (χ2n) is 3.40. The van der Waals surface area contributed by atoms with Crippen molar-refractivity contribution in [2.45, 2.75) is 19.1 Å². The average Bonchev–Trinajstić information content (AvgIpc) is 2.25. The summed E-state index contributed by atoms with van der Waals surface area (Å²) in [6.07, 6.45) is -4.42. The zero-order valence-electron chi connectivity index (χ0n) is 8.81. The predicted octanol–water partition coefficient (Wildman–Crippen LogP) is 2.85. The lowest BCUT2D eigenvalue weighted by Gasteiger charge is -2.10. The van der Waals surface area contributed by atoms with Gasteiger partial charge in [0.1, 0.15) is 5.82 Å². The zero-order valence-corrected chi connectivity index (χ0v) is 8.81. The largest absolute Gasteiger partial charge is 0.419 e. The first-order chi connectivity index (χ1) is 7.95. The van der Waals surface area contributed by atoms with Crippen LogP contribution in [0.25, 0.3) is 0 Å². The highest BCUT2D eigenvalue weighted by molar-refractivity contribution is 5.27. The van der Waals surface area contributed by atoms with E-state index in [-0.39, 0.29) is 13.0 Å². The van der Waals surface area contributed by atoms with E-state index in [0.29, 0.717) is 12.1 Å². The summed E-state index contributed by atoms with van der Waals surface area (Å²) in [6.45, 7) is 0.556. The van der Waals surface area contributed by atoms with Gasteiger partial charge < -0.3 is 5.32 Å². The van der Waals surface area contributed by atoms with E-state index in [2.05, 4.69) is 5.32 Å². The van der Waals surface area contributed by atoms with Crippen LogP contribution < -0.4 is 5.32 Å². The van der Waals surface area contributed by atoms with E-state index in [4.69, 9.17) is 5.26 Å². The van der Waals surface area contributed by atoms with Crippen molar-refractivity contribution < 1.29 is 17.6 Å². The van der Waals surface area contributed by atoms with Crippen molar-refractivity contribution in [3.05, 3.63) is 35.1 Å². The molecule has 0 fully saturated rings. The summed E-state index contributed by atoms with van der Waals surface area (Å²) in [4.78, 5) is 0. The van der Waals surface area contributed by atoms with Crippen LogP contribution in [0.1, 0.15) is 17.5 Å². The van der Waals surface area contributed by atoms with Crippen molar-refractivity contribution in [1.82, 2.24) is 5.32 Å². The summed E-state index contributed by atoms with van der Waals surface area (Å²) in [5.41, 5.74) is -0.936. The summed E-state index contributed by atoms with van der Waals surface area (Å²) in [5.74, 6) is -1.28. The van der Waals surface area contributed by atoms with Gasteiger partial charge in [-0.2, -0.15) is 18.4 Å². The van der Waals surface area contributed by atoms with Gasteiger partial charge in [-0.1, -0.05) is 6.07 Å². The molecule has 1 N–H and O–H groups in total. The molecule has 0 spiro atoms. The van der Waals surface area contributed by atoms with Crippen LogP contribution in [0.5, 0.6) is 0 Å². The fraction of sp³-hybridized carbons (Fsp3) is 0.364. The molecule has 0 bridgehead atoms.